The third-order valence-electron chi connectivity index (χ3n) is 11.1. The van der Waals surface area contributed by atoms with Crippen molar-refractivity contribution in [2.24, 2.45) is 0 Å². The zero-order chi connectivity index (χ0) is 33.5. The second-order valence-corrected chi connectivity index (χ2v) is 13.6. The molecular formula is C49H30N2. The summed E-state index contributed by atoms with van der Waals surface area (Å²) in [5, 5.41) is 5.13. The molecule has 0 amide bonds. The summed E-state index contributed by atoms with van der Waals surface area (Å²) < 4.78 is 0. The lowest BCUT2D eigenvalue weighted by atomic mass is 9.69. The van der Waals surface area contributed by atoms with Crippen LogP contribution in [0.15, 0.2) is 182 Å². The van der Waals surface area contributed by atoms with E-state index in [1.807, 2.05) is 30.5 Å². The van der Waals surface area contributed by atoms with E-state index < -0.39 is 5.41 Å². The minimum Gasteiger partial charge on any atom is -0.255 e. The van der Waals surface area contributed by atoms with Crippen LogP contribution in [0.3, 0.4) is 0 Å². The van der Waals surface area contributed by atoms with Gasteiger partial charge in [0.2, 0.25) is 0 Å². The highest BCUT2D eigenvalue weighted by Gasteiger charge is 2.53. The van der Waals surface area contributed by atoms with Crippen molar-refractivity contribution in [2.75, 3.05) is 0 Å². The first kappa shape index (κ1) is 28.2. The Balaban J connectivity index is 1.18. The summed E-state index contributed by atoms with van der Waals surface area (Å²) in [6.45, 7) is 0. The second kappa shape index (κ2) is 10.7. The zero-order valence-electron chi connectivity index (χ0n) is 27.7. The average Bonchev–Trinajstić information content (AvgIpc) is 3.68. The van der Waals surface area contributed by atoms with Crippen LogP contribution in [0, 0.1) is 0 Å². The van der Waals surface area contributed by atoms with Gasteiger partial charge in [0.25, 0.3) is 0 Å². The Kier molecular flexibility index (Phi) is 5.91. The SMILES string of the molecule is c1ccc(-c2cccc(-c3ccc(-c4cc5c(c6ccccc46)-c4ccc6ccccc6c4C54c5ccccc5-c5ccccc54)cc3)n2)nc1. The number of hydrogen-bond acceptors (Lipinski definition) is 2. The van der Waals surface area contributed by atoms with Crippen molar-refractivity contribution in [3.05, 3.63) is 204 Å². The summed E-state index contributed by atoms with van der Waals surface area (Å²) in [5.74, 6) is 0. The number of fused-ring (bicyclic) bond motifs is 14. The highest BCUT2D eigenvalue weighted by Crippen LogP contribution is 2.65. The summed E-state index contributed by atoms with van der Waals surface area (Å²) in [5.41, 5.74) is 16.5. The fourth-order valence-electron chi connectivity index (χ4n) is 9.09. The van der Waals surface area contributed by atoms with Crippen LogP contribution in [-0.2, 0) is 5.41 Å². The molecule has 0 unspecified atom stereocenters. The van der Waals surface area contributed by atoms with Crippen LogP contribution in [0.4, 0.5) is 0 Å². The maximum Gasteiger partial charge on any atom is 0.0893 e. The highest BCUT2D eigenvalue weighted by molar-refractivity contribution is 6.14. The Hall–Kier alpha value is -6.64. The van der Waals surface area contributed by atoms with E-state index in [1.54, 1.807) is 0 Å². The molecule has 0 saturated heterocycles. The predicted molar refractivity (Wildman–Crippen MR) is 210 cm³/mol. The van der Waals surface area contributed by atoms with Crippen LogP contribution in [0.25, 0.3) is 77.6 Å². The number of rotatable bonds is 3. The maximum atomic E-state index is 4.99. The van der Waals surface area contributed by atoms with Gasteiger partial charge in [-0.2, -0.15) is 0 Å². The van der Waals surface area contributed by atoms with Crippen molar-refractivity contribution in [1.82, 2.24) is 9.97 Å². The Labute approximate surface area is 296 Å². The number of benzene rings is 7. The molecule has 51 heavy (non-hydrogen) atoms. The summed E-state index contributed by atoms with van der Waals surface area (Å²) in [7, 11) is 0. The molecule has 0 atom stereocenters. The van der Waals surface area contributed by atoms with E-state index in [0.29, 0.717) is 0 Å². The molecule has 7 aromatic carbocycles. The van der Waals surface area contributed by atoms with Gasteiger partial charge in [0.1, 0.15) is 0 Å². The normalized spacial score (nSPS) is 13.3. The molecule has 2 aromatic heterocycles. The molecule has 0 fully saturated rings. The standard InChI is InChI=1S/C49H30N2/c1-2-13-34-31(12-1)27-28-39-47-38-17-4-3-14-35(38)40(32-23-25-33(26-24-32)44-21-11-22-46(51-44)45-20-9-10-29-50-45)30-43(47)49(48(34)39)41-18-7-5-15-36(41)37-16-6-8-19-42(37)49/h1-30H. The molecule has 0 saturated carbocycles. The molecular weight excluding hydrogens is 617 g/mol. The summed E-state index contributed by atoms with van der Waals surface area (Å²) >= 11 is 0. The van der Waals surface area contributed by atoms with Crippen molar-refractivity contribution in [3.8, 4) is 56.0 Å². The molecule has 0 N–H and O–H groups in total. The molecule has 0 bridgehead atoms. The smallest absolute Gasteiger partial charge is 0.0893 e. The molecule has 0 radical (unpaired) electrons. The van der Waals surface area contributed by atoms with E-state index in [-0.39, 0.29) is 0 Å². The fraction of sp³-hybridized carbons (Fsp3) is 0.0204. The van der Waals surface area contributed by atoms with Gasteiger partial charge in [-0.25, -0.2) is 4.98 Å². The zero-order valence-corrected chi connectivity index (χ0v) is 27.7. The second-order valence-electron chi connectivity index (χ2n) is 13.6. The van der Waals surface area contributed by atoms with Gasteiger partial charge in [-0.15, -0.1) is 0 Å². The van der Waals surface area contributed by atoms with Crippen molar-refractivity contribution in [1.29, 1.82) is 0 Å². The Morgan fingerprint density at radius 1 is 0.373 bits per heavy atom. The molecule has 11 rings (SSSR count). The Morgan fingerprint density at radius 3 is 1.76 bits per heavy atom. The van der Waals surface area contributed by atoms with Gasteiger partial charge in [0, 0.05) is 11.8 Å². The summed E-state index contributed by atoms with van der Waals surface area (Å²) in [6, 6.07) is 64.3. The third-order valence-corrected chi connectivity index (χ3v) is 11.1. The van der Waals surface area contributed by atoms with Crippen LogP contribution >= 0.6 is 0 Å². The van der Waals surface area contributed by atoms with Crippen LogP contribution in [0.5, 0.6) is 0 Å². The van der Waals surface area contributed by atoms with Gasteiger partial charge >= 0.3 is 0 Å². The quantitative estimate of drug-likeness (QED) is 0.191. The first-order valence-corrected chi connectivity index (χ1v) is 17.6. The van der Waals surface area contributed by atoms with E-state index in [2.05, 4.69) is 157 Å². The first-order valence-electron chi connectivity index (χ1n) is 17.6. The molecule has 236 valence electrons. The van der Waals surface area contributed by atoms with E-state index in [9.17, 15) is 0 Å². The molecule has 1 spiro atoms. The first-order chi connectivity index (χ1) is 25.3. The topological polar surface area (TPSA) is 25.8 Å². The van der Waals surface area contributed by atoms with Crippen LogP contribution in [-0.4, -0.2) is 9.97 Å². The molecule has 9 aromatic rings. The lowest BCUT2D eigenvalue weighted by Crippen LogP contribution is -2.26. The van der Waals surface area contributed by atoms with Crippen molar-refractivity contribution in [3.63, 3.8) is 0 Å². The number of nitrogens with zero attached hydrogens (tertiary/aromatic N) is 2. The largest absolute Gasteiger partial charge is 0.255 e. The summed E-state index contributed by atoms with van der Waals surface area (Å²) in [4.78, 5) is 9.51. The van der Waals surface area contributed by atoms with Crippen molar-refractivity contribution < 1.29 is 0 Å². The fourth-order valence-corrected chi connectivity index (χ4v) is 9.09. The highest BCUT2D eigenvalue weighted by atomic mass is 14.8. The monoisotopic (exact) mass is 646 g/mol. The molecule has 2 heterocycles. The number of aromatic nitrogens is 2. The van der Waals surface area contributed by atoms with E-state index in [0.717, 1.165) is 22.6 Å². The molecule has 0 aliphatic heterocycles. The van der Waals surface area contributed by atoms with E-state index >= 15 is 0 Å². The minimum absolute atomic E-state index is 0.451. The average molecular weight is 647 g/mol. The molecule has 2 nitrogen and oxygen atoms in total. The Bertz CT molecular complexity index is 2800. The van der Waals surface area contributed by atoms with Gasteiger partial charge in [0.15, 0.2) is 0 Å². The van der Waals surface area contributed by atoms with Crippen LogP contribution in [0.1, 0.15) is 22.3 Å². The third kappa shape index (κ3) is 3.87. The maximum absolute atomic E-state index is 4.99. The van der Waals surface area contributed by atoms with E-state index in [1.165, 1.54) is 77.2 Å². The van der Waals surface area contributed by atoms with Gasteiger partial charge in [-0.1, -0.05) is 146 Å². The van der Waals surface area contributed by atoms with Gasteiger partial charge in [-0.3, -0.25) is 4.98 Å². The lowest BCUT2D eigenvalue weighted by molar-refractivity contribution is 0.802. The van der Waals surface area contributed by atoms with Gasteiger partial charge < -0.3 is 0 Å². The van der Waals surface area contributed by atoms with E-state index in [4.69, 9.17) is 4.98 Å². The summed E-state index contributed by atoms with van der Waals surface area (Å²) in [6.07, 6.45) is 1.81. The van der Waals surface area contributed by atoms with Gasteiger partial charge in [0.05, 0.1) is 22.5 Å². The lowest BCUT2D eigenvalue weighted by Gasteiger charge is -2.32. The van der Waals surface area contributed by atoms with Crippen molar-refractivity contribution in [2.45, 2.75) is 5.41 Å². The minimum atomic E-state index is -0.451. The van der Waals surface area contributed by atoms with Crippen molar-refractivity contribution >= 4 is 21.5 Å². The van der Waals surface area contributed by atoms with Gasteiger partial charge in [-0.05, 0) is 108 Å². The Morgan fingerprint density at radius 2 is 1.00 bits per heavy atom. The number of hydrogen-bond donors (Lipinski definition) is 0. The number of pyridine rings is 2. The predicted octanol–water partition coefficient (Wildman–Crippen LogP) is 12.1. The molecule has 2 aliphatic rings. The van der Waals surface area contributed by atoms with Crippen LogP contribution < -0.4 is 0 Å². The van der Waals surface area contributed by atoms with Crippen LogP contribution in [0.2, 0.25) is 0 Å². The molecule has 2 heteroatoms. The molecule has 2 aliphatic carbocycles.